The van der Waals surface area contributed by atoms with Gasteiger partial charge in [-0.1, -0.05) is 12.1 Å². The van der Waals surface area contributed by atoms with Gasteiger partial charge in [0.05, 0.1) is 25.1 Å². The summed E-state index contributed by atoms with van der Waals surface area (Å²) in [7, 11) is 3.13. The van der Waals surface area contributed by atoms with Crippen molar-refractivity contribution < 1.29 is 9.47 Å². The molecule has 0 spiro atoms. The van der Waals surface area contributed by atoms with Crippen molar-refractivity contribution in [2.75, 3.05) is 19.5 Å². The van der Waals surface area contributed by atoms with E-state index in [0.29, 0.717) is 17.4 Å². The van der Waals surface area contributed by atoms with E-state index in [-0.39, 0.29) is 12.2 Å². The molecule has 0 aliphatic rings. The summed E-state index contributed by atoms with van der Waals surface area (Å²) >= 11 is 0. The molecule has 0 bridgehead atoms. The highest BCUT2D eigenvalue weighted by atomic mass is 16.5. The van der Waals surface area contributed by atoms with Gasteiger partial charge in [-0.25, -0.2) is 4.98 Å². The molecule has 0 saturated heterocycles. The normalized spacial score (nSPS) is 10.2. The molecule has 0 radical (unpaired) electrons. The van der Waals surface area contributed by atoms with Crippen LogP contribution >= 0.6 is 0 Å². The third-order valence-electron chi connectivity index (χ3n) is 2.45. The molecule has 100 valence electrons. The number of benzene rings is 1. The Morgan fingerprint density at radius 1 is 1.32 bits per heavy atom. The summed E-state index contributed by atoms with van der Waals surface area (Å²) in [5.41, 5.74) is 1.05. The van der Waals surface area contributed by atoms with E-state index in [1.807, 2.05) is 24.3 Å². The molecule has 0 atom stereocenters. The molecule has 6 heteroatoms. The number of methoxy groups -OCH3 is 2. The van der Waals surface area contributed by atoms with Crippen LogP contribution in [0, 0.1) is 0 Å². The Balaban J connectivity index is 2.30. The summed E-state index contributed by atoms with van der Waals surface area (Å²) < 4.78 is 10.2. The number of aromatic nitrogens is 2. The van der Waals surface area contributed by atoms with E-state index < -0.39 is 0 Å². The lowest BCUT2D eigenvalue weighted by atomic mass is 10.3. The van der Waals surface area contributed by atoms with E-state index >= 15 is 0 Å². The third kappa shape index (κ3) is 3.32. The summed E-state index contributed by atoms with van der Waals surface area (Å²) in [6, 6.07) is 8.78. The van der Waals surface area contributed by atoms with Crippen molar-refractivity contribution in [3.05, 3.63) is 46.4 Å². The number of rotatable bonds is 5. The van der Waals surface area contributed by atoms with Crippen LogP contribution in [0.5, 0.6) is 5.75 Å². The van der Waals surface area contributed by atoms with Crippen LogP contribution in [-0.2, 0) is 11.3 Å². The van der Waals surface area contributed by atoms with E-state index in [1.54, 1.807) is 14.2 Å². The molecule has 0 unspecified atom stereocenters. The summed E-state index contributed by atoms with van der Waals surface area (Å²) in [5, 5.41) is 3.02. The number of nitrogens with zero attached hydrogens (tertiary/aromatic N) is 1. The van der Waals surface area contributed by atoms with E-state index in [1.165, 1.54) is 6.07 Å². The maximum absolute atomic E-state index is 11.5. The minimum Gasteiger partial charge on any atom is -0.495 e. The summed E-state index contributed by atoms with van der Waals surface area (Å²) in [6.07, 6.45) is 0. The number of ether oxygens (including phenoxy) is 2. The Morgan fingerprint density at radius 2 is 2.11 bits per heavy atom. The topological polar surface area (TPSA) is 76.2 Å². The van der Waals surface area contributed by atoms with Gasteiger partial charge in [0.2, 0.25) is 5.95 Å². The van der Waals surface area contributed by atoms with E-state index in [2.05, 4.69) is 15.3 Å². The predicted molar refractivity (Wildman–Crippen MR) is 71.8 cm³/mol. The van der Waals surface area contributed by atoms with Crippen LogP contribution in [0.1, 0.15) is 5.69 Å². The van der Waals surface area contributed by atoms with Gasteiger partial charge in [0.15, 0.2) is 0 Å². The Labute approximate surface area is 110 Å². The molecule has 0 amide bonds. The van der Waals surface area contributed by atoms with Gasteiger partial charge < -0.3 is 14.8 Å². The molecule has 2 N–H and O–H groups in total. The van der Waals surface area contributed by atoms with Gasteiger partial charge in [-0.2, -0.15) is 0 Å². The zero-order valence-electron chi connectivity index (χ0n) is 10.8. The van der Waals surface area contributed by atoms with Crippen LogP contribution in [0.4, 0.5) is 11.6 Å². The number of aromatic amines is 1. The molecule has 0 aliphatic carbocycles. The number of nitrogens with one attached hydrogen (secondary N) is 2. The molecule has 0 aliphatic heterocycles. The summed E-state index contributed by atoms with van der Waals surface area (Å²) in [5.74, 6) is 1.02. The second-order valence-electron chi connectivity index (χ2n) is 3.84. The van der Waals surface area contributed by atoms with Gasteiger partial charge in [0.25, 0.3) is 5.56 Å². The van der Waals surface area contributed by atoms with Crippen molar-refractivity contribution in [3.8, 4) is 5.75 Å². The van der Waals surface area contributed by atoms with E-state index in [0.717, 1.165) is 5.69 Å². The van der Waals surface area contributed by atoms with Gasteiger partial charge in [-0.3, -0.25) is 9.78 Å². The molecule has 0 saturated carbocycles. The number of hydrogen-bond acceptors (Lipinski definition) is 5. The summed E-state index contributed by atoms with van der Waals surface area (Å²) in [6.45, 7) is 0.282. The van der Waals surface area contributed by atoms with Gasteiger partial charge in [-0.15, -0.1) is 0 Å². The Bertz CT molecular complexity index is 610. The maximum Gasteiger partial charge on any atom is 0.252 e. The number of H-pyrrole nitrogens is 1. The Morgan fingerprint density at radius 3 is 2.84 bits per heavy atom. The highest BCUT2D eigenvalue weighted by molar-refractivity contribution is 5.62. The maximum atomic E-state index is 11.5. The van der Waals surface area contributed by atoms with Gasteiger partial charge in [0, 0.05) is 13.2 Å². The molecular formula is C13H15N3O3. The zero-order chi connectivity index (χ0) is 13.7. The first-order chi connectivity index (χ1) is 9.22. The Hall–Kier alpha value is -2.34. The van der Waals surface area contributed by atoms with Gasteiger partial charge >= 0.3 is 0 Å². The van der Waals surface area contributed by atoms with Gasteiger partial charge in [0.1, 0.15) is 5.75 Å². The second kappa shape index (κ2) is 6.01. The molecule has 0 fully saturated rings. The molecule has 1 aromatic heterocycles. The van der Waals surface area contributed by atoms with Crippen LogP contribution < -0.4 is 15.6 Å². The van der Waals surface area contributed by atoms with Crippen LogP contribution in [0.25, 0.3) is 0 Å². The fourth-order valence-electron chi connectivity index (χ4n) is 1.66. The van der Waals surface area contributed by atoms with Crippen LogP contribution in [0.3, 0.4) is 0 Å². The Kier molecular flexibility index (Phi) is 4.15. The number of anilines is 2. The largest absolute Gasteiger partial charge is 0.495 e. The standard InChI is InChI=1S/C13H15N3O3/c1-18-8-9-7-12(17)16-13(14-9)15-10-5-3-4-6-11(10)19-2/h3-7H,8H2,1-2H3,(H2,14,15,16,17). The minimum absolute atomic E-state index is 0.237. The average molecular weight is 261 g/mol. The SMILES string of the molecule is COCc1cc(=O)[nH]c(Nc2ccccc2OC)n1. The molecular weight excluding hydrogens is 246 g/mol. The molecule has 2 rings (SSSR count). The molecule has 6 nitrogen and oxygen atoms in total. The highest BCUT2D eigenvalue weighted by Crippen LogP contribution is 2.25. The van der Waals surface area contributed by atoms with Crippen molar-refractivity contribution in [2.24, 2.45) is 0 Å². The second-order valence-corrected chi connectivity index (χ2v) is 3.84. The van der Waals surface area contributed by atoms with Crippen LogP contribution in [-0.4, -0.2) is 24.2 Å². The monoisotopic (exact) mass is 261 g/mol. The first-order valence-corrected chi connectivity index (χ1v) is 5.72. The quantitative estimate of drug-likeness (QED) is 0.856. The van der Waals surface area contributed by atoms with Crippen molar-refractivity contribution in [1.82, 2.24) is 9.97 Å². The third-order valence-corrected chi connectivity index (χ3v) is 2.45. The first-order valence-electron chi connectivity index (χ1n) is 5.72. The average Bonchev–Trinajstić information content (AvgIpc) is 2.39. The van der Waals surface area contributed by atoms with Crippen molar-refractivity contribution in [1.29, 1.82) is 0 Å². The fraction of sp³-hybridized carbons (Fsp3) is 0.231. The lowest BCUT2D eigenvalue weighted by Crippen LogP contribution is -2.12. The predicted octanol–water partition coefficient (Wildman–Crippen LogP) is 1.67. The number of hydrogen-bond donors (Lipinski definition) is 2. The highest BCUT2D eigenvalue weighted by Gasteiger charge is 2.05. The van der Waals surface area contributed by atoms with Gasteiger partial charge in [-0.05, 0) is 12.1 Å². The molecule has 1 heterocycles. The lowest BCUT2D eigenvalue weighted by molar-refractivity contribution is 0.181. The van der Waals surface area contributed by atoms with Crippen molar-refractivity contribution >= 4 is 11.6 Å². The smallest absolute Gasteiger partial charge is 0.252 e. The first kappa shape index (κ1) is 13.1. The lowest BCUT2D eigenvalue weighted by Gasteiger charge is -2.10. The van der Waals surface area contributed by atoms with Crippen LogP contribution in [0.15, 0.2) is 35.1 Å². The van der Waals surface area contributed by atoms with E-state index in [4.69, 9.17) is 9.47 Å². The minimum atomic E-state index is -0.237. The van der Waals surface area contributed by atoms with Crippen molar-refractivity contribution in [3.63, 3.8) is 0 Å². The van der Waals surface area contributed by atoms with Crippen molar-refractivity contribution in [2.45, 2.75) is 6.61 Å². The van der Waals surface area contributed by atoms with Crippen LogP contribution in [0.2, 0.25) is 0 Å². The fourth-order valence-corrected chi connectivity index (χ4v) is 1.66. The van der Waals surface area contributed by atoms with E-state index in [9.17, 15) is 4.79 Å². The molecule has 2 aromatic rings. The molecule has 1 aromatic carbocycles. The zero-order valence-corrected chi connectivity index (χ0v) is 10.8. The number of para-hydroxylation sites is 2. The summed E-state index contributed by atoms with van der Waals surface area (Å²) in [4.78, 5) is 18.4. The molecule has 19 heavy (non-hydrogen) atoms.